The standard InChI is InChI=1S/C15H25ClN2O/c1-11(13-8-6-7-9-14(13)16)18(4)15(3,10-17)12(2)19-5/h6-9,11-12H,10,17H2,1-5H3. The zero-order valence-corrected chi connectivity index (χ0v) is 13.2. The maximum Gasteiger partial charge on any atom is 0.0736 e. The molecule has 4 heteroatoms. The van der Waals surface area contributed by atoms with Crippen LogP contribution in [0.4, 0.5) is 0 Å². The van der Waals surface area contributed by atoms with Gasteiger partial charge in [-0.1, -0.05) is 29.8 Å². The van der Waals surface area contributed by atoms with Crippen molar-refractivity contribution in [2.45, 2.75) is 38.5 Å². The third-order valence-electron chi connectivity index (χ3n) is 4.38. The van der Waals surface area contributed by atoms with Crippen LogP contribution < -0.4 is 5.73 Å². The third kappa shape index (κ3) is 3.29. The van der Waals surface area contributed by atoms with Gasteiger partial charge in [-0.05, 0) is 39.4 Å². The van der Waals surface area contributed by atoms with Crippen molar-refractivity contribution in [3.05, 3.63) is 34.9 Å². The second-order valence-electron chi connectivity index (χ2n) is 5.25. The Kier molecular flexibility index (Phi) is 5.81. The molecular weight excluding hydrogens is 260 g/mol. The molecular formula is C15H25ClN2O. The van der Waals surface area contributed by atoms with Crippen molar-refractivity contribution in [3.63, 3.8) is 0 Å². The van der Waals surface area contributed by atoms with E-state index in [-0.39, 0.29) is 17.7 Å². The van der Waals surface area contributed by atoms with E-state index in [0.29, 0.717) is 6.54 Å². The molecule has 0 aliphatic rings. The summed E-state index contributed by atoms with van der Waals surface area (Å²) in [7, 11) is 3.78. The minimum absolute atomic E-state index is 0.0347. The molecule has 0 bridgehead atoms. The normalized spacial score (nSPS) is 18.1. The molecule has 19 heavy (non-hydrogen) atoms. The Hall–Kier alpha value is -0.610. The number of likely N-dealkylation sites (N-methyl/N-ethyl adjacent to an activating group) is 1. The lowest BCUT2D eigenvalue weighted by molar-refractivity contribution is -0.0353. The first-order valence-electron chi connectivity index (χ1n) is 6.58. The van der Waals surface area contributed by atoms with Crippen molar-refractivity contribution in [2.24, 2.45) is 5.73 Å². The highest BCUT2D eigenvalue weighted by Crippen LogP contribution is 2.32. The maximum atomic E-state index is 6.28. The molecule has 0 aliphatic heterocycles. The van der Waals surface area contributed by atoms with Crippen LogP contribution in [0, 0.1) is 0 Å². The number of methoxy groups -OCH3 is 1. The number of nitrogens with two attached hydrogens (primary N) is 1. The summed E-state index contributed by atoms with van der Waals surface area (Å²) in [6.07, 6.45) is 0.0347. The zero-order valence-electron chi connectivity index (χ0n) is 12.5. The minimum Gasteiger partial charge on any atom is -0.380 e. The van der Waals surface area contributed by atoms with Gasteiger partial charge in [0.15, 0.2) is 0 Å². The zero-order chi connectivity index (χ0) is 14.6. The lowest BCUT2D eigenvalue weighted by Crippen LogP contribution is -2.58. The smallest absolute Gasteiger partial charge is 0.0736 e. The lowest BCUT2D eigenvalue weighted by Gasteiger charge is -2.45. The molecule has 1 aromatic carbocycles. The first kappa shape index (κ1) is 16.4. The first-order chi connectivity index (χ1) is 8.88. The van der Waals surface area contributed by atoms with Gasteiger partial charge in [0, 0.05) is 24.7 Å². The van der Waals surface area contributed by atoms with Gasteiger partial charge in [-0.3, -0.25) is 4.90 Å². The Labute approximate surface area is 121 Å². The molecule has 1 aromatic rings. The van der Waals surface area contributed by atoms with E-state index in [1.165, 1.54) is 0 Å². The first-order valence-corrected chi connectivity index (χ1v) is 6.96. The van der Waals surface area contributed by atoms with Crippen molar-refractivity contribution in [1.82, 2.24) is 4.90 Å². The monoisotopic (exact) mass is 284 g/mol. The van der Waals surface area contributed by atoms with E-state index in [1.807, 2.05) is 25.1 Å². The van der Waals surface area contributed by atoms with Crippen LogP contribution in [-0.2, 0) is 4.74 Å². The summed E-state index contributed by atoms with van der Waals surface area (Å²) in [4.78, 5) is 2.24. The Morgan fingerprint density at radius 2 is 1.95 bits per heavy atom. The van der Waals surface area contributed by atoms with Gasteiger partial charge in [-0.25, -0.2) is 0 Å². The molecule has 0 saturated carbocycles. The average molecular weight is 285 g/mol. The largest absolute Gasteiger partial charge is 0.380 e. The molecule has 0 radical (unpaired) electrons. The van der Waals surface area contributed by atoms with Gasteiger partial charge in [-0.2, -0.15) is 0 Å². The van der Waals surface area contributed by atoms with Gasteiger partial charge < -0.3 is 10.5 Å². The molecule has 0 aromatic heterocycles. The predicted molar refractivity (Wildman–Crippen MR) is 81.6 cm³/mol. The van der Waals surface area contributed by atoms with E-state index in [0.717, 1.165) is 10.6 Å². The summed E-state index contributed by atoms with van der Waals surface area (Å²) in [5.74, 6) is 0. The predicted octanol–water partition coefficient (Wildman–Crippen LogP) is 3.09. The van der Waals surface area contributed by atoms with Crippen LogP contribution in [0.15, 0.2) is 24.3 Å². The van der Waals surface area contributed by atoms with Crippen LogP contribution in [-0.4, -0.2) is 37.2 Å². The van der Waals surface area contributed by atoms with Gasteiger partial charge in [0.1, 0.15) is 0 Å². The summed E-state index contributed by atoms with van der Waals surface area (Å²) >= 11 is 6.28. The van der Waals surface area contributed by atoms with Gasteiger partial charge in [-0.15, -0.1) is 0 Å². The van der Waals surface area contributed by atoms with Gasteiger partial charge in [0.25, 0.3) is 0 Å². The second kappa shape index (κ2) is 6.71. The van der Waals surface area contributed by atoms with E-state index in [9.17, 15) is 0 Å². The van der Waals surface area contributed by atoms with Crippen LogP contribution in [0.1, 0.15) is 32.4 Å². The molecule has 0 heterocycles. The fraction of sp³-hybridized carbons (Fsp3) is 0.600. The lowest BCUT2D eigenvalue weighted by atomic mass is 9.91. The average Bonchev–Trinajstić information content (AvgIpc) is 2.44. The summed E-state index contributed by atoms with van der Waals surface area (Å²) in [5, 5.41) is 0.784. The Balaban J connectivity index is 3.04. The summed E-state index contributed by atoms with van der Waals surface area (Å²) < 4.78 is 5.49. The number of rotatable bonds is 6. The second-order valence-corrected chi connectivity index (χ2v) is 5.65. The van der Waals surface area contributed by atoms with Crippen LogP contribution in [0.3, 0.4) is 0 Å². The molecule has 0 aliphatic carbocycles. The SMILES string of the molecule is COC(C)C(C)(CN)N(C)C(C)c1ccccc1Cl. The fourth-order valence-electron chi connectivity index (χ4n) is 2.32. The molecule has 2 N–H and O–H groups in total. The highest BCUT2D eigenvalue weighted by atomic mass is 35.5. The van der Waals surface area contributed by atoms with Crippen LogP contribution in [0.25, 0.3) is 0 Å². The molecule has 0 amide bonds. The van der Waals surface area contributed by atoms with E-state index in [2.05, 4.69) is 31.9 Å². The molecule has 3 nitrogen and oxygen atoms in total. The van der Waals surface area contributed by atoms with Crippen LogP contribution in [0.5, 0.6) is 0 Å². The number of halogens is 1. The summed E-state index contributed by atoms with van der Waals surface area (Å²) in [5.41, 5.74) is 6.85. The van der Waals surface area contributed by atoms with Crippen molar-refractivity contribution in [2.75, 3.05) is 20.7 Å². The number of benzene rings is 1. The molecule has 0 saturated heterocycles. The molecule has 0 spiro atoms. The van der Waals surface area contributed by atoms with Crippen molar-refractivity contribution in [1.29, 1.82) is 0 Å². The van der Waals surface area contributed by atoms with E-state index in [1.54, 1.807) is 7.11 Å². The number of ether oxygens (including phenoxy) is 1. The highest BCUT2D eigenvalue weighted by molar-refractivity contribution is 6.31. The summed E-state index contributed by atoms with van der Waals surface area (Å²) in [6, 6.07) is 8.09. The van der Waals surface area contributed by atoms with Crippen molar-refractivity contribution >= 4 is 11.6 Å². The van der Waals surface area contributed by atoms with Crippen LogP contribution in [0.2, 0.25) is 5.02 Å². The minimum atomic E-state index is -0.243. The third-order valence-corrected chi connectivity index (χ3v) is 4.73. The molecule has 3 unspecified atom stereocenters. The van der Waals surface area contributed by atoms with E-state index >= 15 is 0 Å². The summed E-state index contributed by atoms with van der Waals surface area (Å²) in [6.45, 7) is 6.82. The Morgan fingerprint density at radius 3 is 2.42 bits per heavy atom. The van der Waals surface area contributed by atoms with Crippen molar-refractivity contribution < 1.29 is 4.74 Å². The van der Waals surface area contributed by atoms with Crippen LogP contribution >= 0.6 is 11.6 Å². The Bertz CT molecular complexity index is 413. The molecule has 0 fully saturated rings. The van der Waals surface area contributed by atoms with E-state index in [4.69, 9.17) is 22.1 Å². The van der Waals surface area contributed by atoms with Gasteiger partial charge in [0.2, 0.25) is 0 Å². The number of hydrogen-bond acceptors (Lipinski definition) is 3. The quantitative estimate of drug-likeness (QED) is 0.872. The molecule has 1 rings (SSSR count). The highest BCUT2D eigenvalue weighted by Gasteiger charge is 2.37. The van der Waals surface area contributed by atoms with Gasteiger partial charge >= 0.3 is 0 Å². The number of nitrogens with zero attached hydrogens (tertiary/aromatic N) is 1. The number of hydrogen-bond donors (Lipinski definition) is 1. The fourth-order valence-corrected chi connectivity index (χ4v) is 2.61. The molecule has 108 valence electrons. The topological polar surface area (TPSA) is 38.5 Å². The Morgan fingerprint density at radius 1 is 1.37 bits per heavy atom. The van der Waals surface area contributed by atoms with Gasteiger partial charge in [0.05, 0.1) is 11.6 Å². The maximum absolute atomic E-state index is 6.28. The molecule has 3 atom stereocenters. The van der Waals surface area contributed by atoms with Crippen molar-refractivity contribution in [3.8, 4) is 0 Å². The van der Waals surface area contributed by atoms with E-state index < -0.39 is 0 Å².